The van der Waals surface area contributed by atoms with Crippen LogP contribution in [0.3, 0.4) is 0 Å². The van der Waals surface area contributed by atoms with E-state index in [1.165, 1.54) is 42.4 Å². The molecule has 2 aromatic rings. The molecule has 1 fully saturated rings. The first-order valence-electron chi connectivity index (χ1n) is 13.0. The second-order valence-corrected chi connectivity index (χ2v) is 10.2. The van der Waals surface area contributed by atoms with Crippen molar-refractivity contribution in [2.75, 3.05) is 13.2 Å². The zero-order chi connectivity index (χ0) is 23.7. The smallest absolute Gasteiger partial charge is 0.305 e. The van der Waals surface area contributed by atoms with E-state index in [0.717, 1.165) is 25.9 Å². The lowest BCUT2D eigenvalue weighted by Crippen LogP contribution is -2.55. The first-order valence-corrected chi connectivity index (χ1v) is 13.0. The number of aryl methyl sites for hydroxylation is 1. The molecular weight excluding hydrogens is 406 g/mol. The van der Waals surface area contributed by atoms with Gasteiger partial charge in [0.2, 0.25) is 0 Å². The number of unbranched alkanes of at least 4 members (excludes halogenated alkanes) is 1. The Morgan fingerprint density at radius 2 is 1.73 bits per heavy atom. The van der Waals surface area contributed by atoms with Gasteiger partial charge in [-0.2, -0.15) is 0 Å². The normalized spacial score (nSPS) is 15.9. The molecule has 2 aromatic carbocycles. The van der Waals surface area contributed by atoms with Crippen molar-refractivity contribution in [1.82, 2.24) is 4.90 Å². The van der Waals surface area contributed by atoms with Gasteiger partial charge in [-0.15, -0.1) is 0 Å². The summed E-state index contributed by atoms with van der Waals surface area (Å²) in [5, 5.41) is 0. The molecule has 0 heterocycles. The van der Waals surface area contributed by atoms with E-state index in [9.17, 15) is 4.79 Å². The molecule has 3 rings (SSSR count). The van der Waals surface area contributed by atoms with Crippen molar-refractivity contribution >= 4 is 5.97 Å². The Labute approximate surface area is 201 Å². The van der Waals surface area contributed by atoms with E-state index < -0.39 is 0 Å². The SMILES string of the molecule is CCOC(=O)CCCCN(Cc1ccccc1)C(CC(C)C)C1(c2ccc(C)cc2)CCC1. The molecule has 0 aliphatic heterocycles. The average molecular weight is 450 g/mol. The molecule has 1 saturated carbocycles. The molecule has 33 heavy (non-hydrogen) atoms. The molecule has 0 amide bonds. The minimum absolute atomic E-state index is 0.0686. The summed E-state index contributed by atoms with van der Waals surface area (Å²) in [5.41, 5.74) is 4.44. The lowest BCUT2D eigenvalue weighted by atomic mass is 9.58. The van der Waals surface area contributed by atoms with E-state index in [4.69, 9.17) is 4.74 Å². The van der Waals surface area contributed by atoms with Crippen LogP contribution in [0.25, 0.3) is 0 Å². The van der Waals surface area contributed by atoms with Gasteiger partial charge in [-0.25, -0.2) is 0 Å². The van der Waals surface area contributed by atoms with Crippen LogP contribution in [-0.4, -0.2) is 30.1 Å². The Hall–Kier alpha value is -2.13. The van der Waals surface area contributed by atoms with E-state index in [1.54, 1.807) is 0 Å². The van der Waals surface area contributed by atoms with Crippen molar-refractivity contribution in [1.29, 1.82) is 0 Å². The van der Waals surface area contributed by atoms with Gasteiger partial charge in [0.15, 0.2) is 0 Å². The summed E-state index contributed by atoms with van der Waals surface area (Å²) in [6.45, 7) is 11.2. The number of hydrogen-bond acceptors (Lipinski definition) is 3. The number of carbonyl (C=O) groups excluding carboxylic acids is 1. The number of carbonyl (C=O) groups is 1. The second-order valence-electron chi connectivity index (χ2n) is 10.2. The number of hydrogen-bond donors (Lipinski definition) is 0. The molecule has 0 radical (unpaired) electrons. The van der Waals surface area contributed by atoms with E-state index in [-0.39, 0.29) is 11.4 Å². The standard InChI is InChI=1S/C30H43NO2/c1-5-33-29(32)14-9-10-21-31(23-26-12-7-6-8-13-26)28(22-24(2)3)30(19-11-20-30)27-17-15-25(4)16-18-27/h6-8,12-13,15-18,24,28H,5,9-11,14,19-23H2,1-4H3. The van der Waals surface area contributed by atoms with Gasteiger partial charge in [-0.3, -0.25) is 9.69 Å². The lowest BCUT2D eigenvalue weighted by molar-refractivity contribution is -0.143. The van der Waals surface area contributed by atoms with Crippen molar-refractivity contribution in [2.24, 2.45) is 5.92 Å². The first kappa shape index (κ1) is 25.5. The Bertz CT molecular complexity index is 839. The summed E-state index contributed by atoms with van der Waals surface area (Å²) < 4.78 is 5.14. The first-order chi connectivity index (χ1) is 15.9. The highest BCUT2D eigenvalue weighted by Gasteiger charge is 2.47. The van der Waals surface area contributed by atoms with Crippen LogP contribution in [0, 0.1) is 12.8 Å². The molecule has 1 atom stereocenters. The van der Waals surface area contributed by atoms with Crippen molar-refractivity contribution in [3.63, 3.8) is 0 Å². The van der Waals surface area contributed by atoms with Gasteiger partial charge in [0.25, 0.3) is 0 Å². The van der Waals surface area contributed by atoms with Crippen LogP contribution in [0.2, 0.25) is 0 Å². The summed E-state index contributed by atoms with van der Waals surface area (Å²) in [7, 11) is 0. The highest BCUT2D eigenvalue weighted by atomic mass is 16.5. The van der Waals surface area contributed by atoms with Crippen LogP contribution in [-0.2, 0) is 21.5 Å². The average Bonchev–Trinajstić information content (AvgIpc) is 2.76. The Balaban J connectivity index is 1.85. The zero-order valence-corrected chi connectivity index (χ0v) is 21.2. The summed E-state index contributed by atoms with van der Waals surface area (Å²) in [5.74, 6) is 0.566. The van der Waals surface area contributed by atoms with Gasteiger partial charge < -0.3 is 4.74 Å². The molecule has 1 unspecified atom stereocenters. The lowest BCUT2D eigenvalue weighted by Gasteiger charge is -2.53. The van der Waals surface area contributed by atoms with Gasteiger partial charge in [-0.1, -0.05) is 80.4 Å². The predicted octanol–water partition coefficient (Wildman–Crippen LogP) is 7.07. The van der Waals surface area contributed by atoms with Gasteiger partial charge in [-0.05, 0) is 69.5 Å². The second kappa shape index (κ2) is 12.4. The van der Waals surface area contributed by atoms with Crippen molar-refractivity contribution in [3.05, 3.63) is 71.3 Å². The maximum absolute atomic E-state index is 11.8. The topological polar surface area (TPSA) is 29.5 Å². The summed E-state index contributed by atoms with van der Waals surface area (Å²) >= 11 is 0. The van der Waals surface area contributed by atoms with E-state index in [2.05, 4.69) is 80.3 Å². The number of rotatable bonds is 13. The highest BCUT2D eigenvalue weighted by Crippen LogP contribution is 2.50. The molecule has 3 heteroatoms. The number of esters is 1. The Morgan fingerprint density at radius 3 is 2.30 bits per heavy atom. The fraction of sp³-hybridized carbons (Fsp3) is 0.567. The van der Waals surface area contributed by atoms with Crippen molar-refractivity contribution < 1.29 is 9.53 Å². The number of nitrogens with zero attached hydrogens (tertiary/aromatic N) is 1. The third-order valence-corrected chi connectivity index (χ3v) is 7.26. The molecule has 3 nitrogen and oxygen atoms in total. The third kappa shape index (κ3) is 6.93. The maximum Gasteiger partial charge on any atom is 0.305 e. The predicted molar refractivity (Wildman–Crippen MR) is 137 cm³/mol. The molecule has 0 aromatic heterocycles. The van der Waals surface area contributed by atoms with Crippen LogP contribution in [0.4, 0.5) is 0 Å². The largest absolute Gasteiger partial charge is 0.466 e. The number of benzene rings is 2. The van der Waals surface area contributed by atoms with E-state index in [1.807, 2.05) is 6.92 Å². The fourth-order valence-electron chi connectivity index (χ4n) is 5.41. The van der Waals surface area contributed by atoms with Crippen LogP contribution in [0.5, 0.6) is 0 Å². The number of ether oxygens (including phenoxy) is 1. The summed E-state index contributed by atoms with van der Waals surface area (Å²) in [6.07, 6.45) is 7.46. The Morgan fingerprint density at radius 1 is 1.03 bits per heavy atom. The zero-order valence-electron chi connectivity index (χ0n) is 21.2. The maximum atomic E-state index is 11.8. The van der Waals surface area contributed by atoms with Crippen LogP contribution >= 0.6 is 0 Å². The Kier molecular flexibility index (Phi) is 9.55. The molecular formula is C30H43NO2. The van der Waals surface area contributed by atoms with Gasteiger partial charge in [0, 0.05) is 24.4 Å². The molecule has 1 aliphatic carbocycles. The minimum Gasteiger partial charge on any atom is -0.466 e. The molecule has 0 bridgehead atoms. The van der Waals surface area contributed by atoms with Crippen molar-refractivity contribution in [3.8, 4) is 0 Å². The van der Waals surface area contributed by atoms with Crippen LogP contribution in [0.15, 0.2) is 54.6 Å². The van der Waals surface area contributed by atoms with Crippen LogP contribution in [0.1, 0.15) is 82.4 Å². The highest BCUT2D eigenvalue weighted by molar-refractivity contribution is 5.69. The summed E-state index contributed by atoms with van der Waals surface area (Å²) in [4.78, 5) is 14.6. The van der Waals surface area contributed by atoms with Crippen molar-refractivity contribution in [2.45, 2.75) is 90.6 Å². The summed E-state index contributed by atoms with van der Waals surface area (Å²) in [6, 6.07) is 20.7. The molecule has 0 saturated heterocycles. The van der Waals surface area contributed by atoms with Gasteiger partial charge >= 0.3 is 5.97 Å². The minimum atomic E-state index is -0.0686. The molecule has 1 aliphatic rings. The van der Waals surface area contributed by atoms with Gasteiger partial charge in [0.1, 0.15) is 0 Å². The van der Waals surface area contributed by atoms with E-state index >= 15 is 0 Å². The molecule has 180 valence electrons. The monoisotopic (exact) mass is 449 g/mol. The molecule has 0 spiro atoms. The van der Waals surface area contributed by atoms with Gasteiger partial charge in [0.05, 0.1) is 6.61 Å². The third-order valence-electron chi connectivity index (χ3n) is 7.26. The molecule has 0 N–H and O–H groups in total. The quantitative estimate of drug-likeness (QED) is 0.242. The van der Waals surface area contributed by atoms with Crippen LogP contribution < -0.4 is 0 Å². The van der Waals surface area contributed by atoms with E-state index in [0.29, 0.717) is 25.0 Å². The fourth-order valence-corrected chi connectivity index (χ4v) is 5.41.